The molecule has 0 saturated carbocycles. The van der Waals surface area contributed by atoms with E-state index in [0.717, 1.165) is 11.6 Å². The maximum Gasteiger partial charge on any atom is 0.336 e. The predicted molar refractivity (Wildman–Crippen MR) is 118 cm³/mol. The Kier molecular flexibility index (Phi) is 6.00. The third-order valence-corrected chi connectivity index (χ3v) is 5.12. The lowest BCUT2D eigenvalue weighted by atomic mass is 10.1. The van der Waals surface area contributed by atoms with Gasteiger partial charge in [-0.3, -0.25) is 14.9 Å². The zero-order valence-electron chi connectivity index (χ0n) is 16.5. The fraction of sp³-hybridized carbons (Fsp3) is 0.0417. The van der Waals surface area contributed by atoms with Crippen molar-refractivity contribution in [3.63, 3.8) is 0 Å². The van der Waals surface area contributed by atoms with Crippen LogP contribution in [0.15, 0.2) is 78.4 Å². The molecule has 1 aliphatic heterocycles. The summed E-state index contributed by atoms with van der Waals surface area (Å²) in [4.78, 5) is 38.3. The largest absolute Gasteiger partial charge is 0.488 e. The Morgan fingerprint density at radius 1 is 0.938 bits per heavy atom. The molecule has 4 rings (SSSR count). The van der Waals surface area contributed by atoms with E-state index in [1.165, 1.54) is 24.3 Å². The van der Waals surface area contributed by atoms with Crippen LogP contribution in [0.1, 0.15) is 11.1 Å². The van der Waals surface area contributed by atoms with E-state index in [9.17, 15) is 18.8 Å². The average Bonchev–Trinajstić information content (AvgIpc) is 2.78. The highest BCUT2D eigenvalue weighted by Gasteiger charge is 2.38. The highest BCUT2D eigenvalue weighted by molar-refractivity contribution is 6.39. The van der Waals surface area contributed by atoms with Gasteiger partial charge in [0.1, 0.15) is 23.7 Å². The van der Waals surface area contributed by atoms with Crippen molar-refractivity contribution < 1.29 is 23.5 Å². The molecule has 0 bridgehead atoms. The van der Waals surface area contributed by atoms with E-state index < -0.39 is 23.7 Å². The van der Waals surface area contributed by atoms with Crippen LogP contribution in [0.2, 0.25) is 5.02 Å². The fourth-order valence-corrected chi connectivity index (χ4v) is 3.36. The summed E-state index contributed by atoms with van der Waals surface area (Å²) in [6.07, 6.45) is 1.31. The first-order valence-corrected chi connectivity index (χ1v) is 9.94. The number of hydrogen-bond acceptors (Lipinski definition) is 4. The van der Waals surface area contributed by atoms with Crippen LogP contribution in [-0.4, -0.2) is 17.8 Å². The van der Waals surface area contributed by atoms with Crippen LogP contribution in [0.25, 0.3) is 6.08 Å². The molecule has 0 atom stereocenters. The number of para-hydroxylation sites is 2. The molecular weight excluding hydrogens is 435 g/mol. The number of amides is 4. The van der Waals surface area contributed by atoms with Gasteiger partial charge in [-0.2, -0.15) is 0 Å². The molecule has 1 fully saturated rings. The number of carbonyl (C=O) groups excluding carboxylic acids is 3. The van der Waals surface area contributed by atoms with Gasteiger partial charge in [-0.15, -0.1) is 0 Å². The molecule has 4 amide bonds. The second-order valence-corrected chi connectivity index (χ2v) is 7.23. The number of urea groups is 1. The van der Waals surface area contributed by atoms with Crippen molar-refractivity contribution in [3.8, 4) is 5.75 Å². The number of imide groups is 2. The first kappa shape index (κ1) is 21.3. The van der Waals surface area contributed by atoms with Crippen LogP contribution in [-0.2, 0) is 16.2 Å². The second kappa shape index (κ2) is 9.03. The van der Waals surface area contributed by atoms with Crippen molar-refractivity contribution in [2.75, 3.05) is 4.90 Å². The summed E-state index contributed by atoms with van der Waals surface area (Å²) in [5.74, 6) is -2.19. The second-order valence-electron chi connectivity index (χ2n) is 6.83. The monoisotopic (exact) mass is 450 g/mol. The summed E-state index contributed by atoms with van der Waals surface area (Å²) in [6, 6.07) is 18.3. The molecule has 6 nitrogen and oxygen atoms in total. The van der Waals surface area contributed by atoms with Crippen molar-refractivity contribution in [2.24, 2.45) is 0 Å². The van der Waals surface area contributed by atoms with Gasteiger partial charge in [0.2, 0.25) is 0 Å². The number of rotatable bonds is 5. The zero-order valence-corrected chi connectivity index (χ0v) is 17.3. The molecule has 160 valence electrons. The Morgan fingerprint density at radius 3 is 2.41 bits per heavy atom. The molecule has 32 heavy (non-hydrogen) atoms. The minimum Gasteiger partial charge on any atom is -0.488 e. The van der Waals surface area contributed by atoms with Crippen LogP contribution in [0.3, 0.4) is 0 Å². The number of anilines is 1. The molecule has 0 unspecified atom stereocenters. The van der Waals surface area contributed by atoms with Crippen molar-refractivity contribution in [2.45, 2.75) is 6.61 Å². The van der Waals surface area contributed by atoms with E-state index in [0.29, 0.717) is 21.2 Å². The smallest absolute Gasteiger partial charge is 0.336 e. The van der Waals surface area contributed by atoms with E-state index in [1.54, 1.807) is 36.4 Å². The molecule has 1 N–H and O–H groups in total. The standard InChI is InChI=1S/C24H16ClFN2O4/c25-18-9-3-1-8-16(18)14-32-21-12-6-2-7-15(21)13-17-22(29)27-24(31)28(23(17)30)20-11-5-4-10-19(20)26/h1-13H,14H2,(H,27,29,31)/b17-13-. The summed E-state index contributed by atoms with van der Waals surface area (Å²) in [5, 5.41) is 2.62. The van der Waals surface area contributed by atoms with Gasteiger partial charge in [-0.25, -0.2) is 14.1 Å². The van der Waals surface area contributed by atoms with Crippen molar-refractivity contribution in [1.29, 1.82) is 0 Å². The van der Waals surface area contributed by atoms with Gasteiger partial charge < -0.3 is 4.74 Å². The Labute approximate surface area is 187 Å². The van der Waals surface area contributed by atoms with Crippen LogP contribution >= 0.6 is 11.6 Å². The van der Waals surface area contributed by atoms with Gasteiger partial charge in [0.25, 0.3) is 11.8 Å². The van der Waals surface area contributed by atoms with Crippen LogP contribution in [0.4, 0.5) is 14.9 Å². The Hall–Kier alpha value is -3.97. The van der Waals surface area contributed by atoms with E-state index in [-0.39, 0.29) is 17.9 Å². The van der Waals surface area contributed by atoms with E-state index >= 15 is 0 Å². The summed E-state index contributed by atoms with van der Waals surface area (Å²) in [5.41, 5.74) is 0.610. The maximum absolute atomic E-state index is 14.2. The van der Waals surface area contributed by atoms with Gasteiger partial charge in [0.05, 0.1) is 5.69 Å². The maximum atomic E-state index is 14.2. The number of carbonyl (C=O) groups is 3. The first-order chi connectivity index (χ1) is 15.5. The van der Waals surface area contributed by atoms with Gasteiger partial charge in [-0.05, 0) is 30.3 Å². The molecule has 0 radical (unpaired) electrons. The fourth-order valence-electron chi connectivity index (χ4n) is 3.17. The number of hydrogen-bond donors (Lipinski definition) is 1. The third kappa shape index (κ3) is 4.24. The number of benzene rings is 3. The summed E-state index contributed by atoms with van der Waals surface area (Å²) >= 11 is 6.17. The third-order valence-electron chi connectivity index (χ3n) is 4.75. The Balaban J connectivity index is 1.66. The average molecular weight is 451 g/mol. The minimum absolute atomic E-state index is 0.167. The molecule has 3 aromatic carbocycles. The molecular formula is C24H16ClFN2O4. The number of barbiturate groups is 1. The lowest BCUT2D eigenvalue weighted by Gasteiger charge is -2.26. The lowest BCUT2D eigenvalue weighted by Crippen LogP contribution is -2.54. The highest BCUT2D eigenvalue weighted by Crippen LogP contribution is 2.27. The Morgan fingerprint density at radius 2 is 1.62 bits per heavy atom. The molecule has 0 aromatic heterocycles. The van der Waals surface area contributed by atoms with Crippen molar-refractivity contribution in [1.82, 2.24) is 5.32 Å². The van der Waals surface area contributed by atoms with Gasteiger partial charge in [0, 0.05) is 16.1 Å². The molecule has 0 spiro atoms. The summed E-state index contributed by atoms with van der Waals surface area (Å²) in [7, 11) is 0. The molecule has 1 saturated heterocycles. The van der Waals surface area contributed by atoms with Crippen LogP contribution in [0.5, 0.6) is 5.75 Å². The Bertz CT molecular complexity index is 1260. The zero-order chi connectivity index (χ0) is 22.7. The summed E-state index contributed by atoms with van der Waals surface area (Å²) < 4.78 is 20.1. The van der Waals surface area contributed by atoms with Gasteiger partial charge in [-0.1, -0.05) is 60.1 Å². The number of nitrogens with one attached hydrogen (secondary N) is 1. The molecule has 8 heteroatoms. The highest BCUT2D eigenvalue weighted by atomic mass is 35.5. The normalized spacial score (nSPS) is 15.1. The first-order valence-electron chi connectivity index (χ1n) is 9.57. The number of ether oxygens (including phenoxy) is 1. The van der Waals surface area contributed by atoms with Crippen LogP contribution < -0.4 is 15.0 Å². The SMILES string of the molecule is O=C1NC(=O)N(c2ccccc2F)C(=O)/C1=C\c1ccccc1OCc1ccccc1Cl. The minimum atomic E-state index is -1.02. The van der Waals surface area contributed by atoms with Gasteiger partial charge >= 0.3 is 6.03 Å². The van der Waals surface area contributed by atoms with E-state index in [2.05, 4.69) is 5.32 Å². The number of halogens is 2. The topological polar surface area (TPSA) is 75.7 Å². The molecule has 1 aliphatic rings. The molecule has 3 aromatic rings. The van der Waals surface area contributed by atoms with Crippen molar-refractivity contribution in [3.05, 3.63) is 100 Å². The number of nitrogens with zero attached hydrogens (tertiary/aromatic N) is 1. The molecule has 0 aliphatic carbocycles. The van der Waals surface area contributed by atoms with E-state index in [4.69, 9.17) is 16.3 Å². The van der Waals surface area contributed by atoms with Crippen molar-refractivity contribution >= 4 is 41.2 Å². The summed E-state index contributed by atoms with van der Waals surface area (Å²) in [6.45, 7) is 0.167. The molecule has 1 heterocycles. The van der Waals surface area contributed by atoms with Crippen LogP contribution in [0, 0.1) is 5.82 Å². The van der Waals surface area contributed by atoms with Gasteiger partial charge in [0.15, 0.2) is 0 Å². The predicted octanol–water partition coefficient (Wildman–Crippen LogP) is 4.72. The van der Waals surface area contributed by atoms with E-state index in [1.807, 2.05) is 12.1 Å². The quantitative estimate of drug-likeness (QED) is 0.450. The lowest BCUT2D eigenvalue weighted by molar-refractivity contribution is -0.122.